The van der Waals surface area contributed by atoms with E-state index in [4.69, 9.17) is 38.2 Å². The van der Waals surface area contributed by atoms with E-state index in [2.05, 4.69) is 5.32 Å². The molecule has 3 N–H and O–H groups in total. The molecule has 2 aromatic rings. The Morgan fingerprint density at radius 2 is 1.62 bits per heavy atom. The van der Waals surface area contributed by atoms with Crippen molar-refractivity contribution in [3.05, 3.63) is 75.3 Å². The van der Waals surface area contributed by atoms with Crippen LogP contribution < -0.4 is 10.1 Å². The number of carbonyl (C=O) groups is 4. The second-order valence-electron chi connectivity index (χ2n) is 10.4. The summed E-state index contributed by atoms with van der Waals surface area (Å²) in [6, 6.07) is 13.3. The largest absolute Gasteiger partial charge is 0.489 e. The molecule has 9 nitrogen and oxygen atoms in total. The first kappa shape index (κ1) is 34.6. The first-order chi connectivity index (χ1) is 19.8. The number of likely N-dealkylation sites (tertiary alicyclic amines) is 1. The Hall–Kier alpha value is -3.56. The van der Waals surface area contributed by atoms with Crippen LogP contribution in [0.15, 0.2) is 54.1 Å². The van der Waals surface area contributed by atoms with E-state index in [9.17, 15) is 19.2 Å². The van der Waals surface area contributed by atoms with Crippen LogP contribution in [-0.4, -0.2) is 57.5 Å². The number of hydrogen-bond acceptors (Lipinski definition) is 5. The zero-order chi connectivity index (χ0) is 31.3. The van der Waals surface area contributed by atoms with Gasteiger partial charge in [0.1, 0.15) is 18.9 Å². The van der Waals surface area contributed by atoms with E-state index >= 15 is 0 Å². The number of benzene rings is 2. The monoisotopic (exact) mass is 620 g/mol. The van der Waals surface area contributed by atoms with Gasteiger partial charge in [0.05, 0.1) is 0 Å². The van der Waals surface area contributed by atoms with Gasteiger partial charge in [0, 0.05) is 47.0 Å². The standard InChI is InChI=1S/C17H26N2O6.C14H12Cl2O/c1-12(2)6-10-19-14(21)4-8-17(19,9-5-15(22)23)7-3-13(20)18-11-16(24)25;1-10-5-7-11(8-6-10)17-9-12-13(15)3-2-4-14(12)16/h6H,3-5,7-11H2,1-2H3,(H,18,20)(H,22,23)(H,24,25);2-8H,9H2,1H3. The average Bonchev–Trinajstić information content (AvgIpc) is 3.24. The van der Waals surface area contributed by atoms with Gasteiger partial charge in [0.25, 0.3) is 0 Å². The van der Waals surface area contributed by atoms with Crippen LogP contribution in [0.25, 0.3) is 0 Å². The van der Waals surface area contributed by atoms with E-state index in [-0.39, 0.29) is 25.2 Å². The third-order valence-corrected chi connectivity index (χ3v) is 7.59. The Bertz CT molecular complexity index is 1260. The number of carboxylic acids is 2. The lowest BCUT2D eigenvalue weighted by molar-refractivity contribution is -0.140. The number of carbonyl (C=O) groups excluding carboxylic acids is 2. The summed E-state index contributed by atoms with van der Waals surface area (Å²) in [6.45, 7) is 6.17. The molecule has 0 aliphatic carbocycles. The Morgan fingerprint density at radius 3 is 2.19 bits per heavy atom. The summed E-state index contributed by atoms with van der Waals surface area (Å²) in [4.78, 5) is 47.3. The van der Waals surface area contributed by atoms with Crippen molar-refractivity contribution >= 4 is 47.0 Å². The van der Waals surface area contributed by atoms with Crippen molar-refractivity contribution in [3.63, 3.8) is 0 Å². The Labute approximate surface area is 256 Å². The zero-order valence-electron chi connectivity index (χ0n) is 24.1. The highest BCUT2D eigenvalue weighted by molar-refractivity contribution is 6.35. The Morgan fingerprint density at radius 1 is 1.00 bits per heavy atom. The molecule has 1 unspecified atom stereocenters. The normalized spacial score (nSPS) is 15.8. The second kappa shape index (κ2) is 16.8. The molecule has 0 spiro atoms. The maximum atomic E-state index is 12.3. The first-order valence-electron chi connectivity index (χ1n) is 13.6. The highest BCUT2D eigenvalue weighted by atomic mass is 35.5. The van der Waals surface area contributed by atoms with Gasteiger partial charge in [-0.15, -0.1) is 0 Å². The third-order valence-electron chi connectivity index (χ3n) is 6.88. The highest BCUT2D eigenvalue weighted by Crippen LogP contribution is 2.38. The van der Waals surface area contributed by atoms with E-state index in [1.165, 1.54) is 5.56 Å². The van der Waals surface area contributed by atoms with Gasteiger partial charge in [0.2, 0.25) is 11.8 Å². The Kier molecular flexibility index (Phi) is 13.8. The summed E-state index contributed by atoms with van der Waals surface area (Å²) in [7, 11) is 0. The fourth-order valence-corrected chi connectivity index (χ4v) is 5.00. The lowest BCUT2D eigenvalue weighted by Crippen LogP contribution is -2.47. The number of allylic oxidation sites excluding steroid dienone is 1. The van der Waals surface area contributed by atoms with Crippen molar-refractivity contribution in [1.82, 2.24) is 10.2 Å². The summed E-state index contributed by atoms with van der Waals surface area (Å²) in [5, 5.41) is 21.2. The predicted octanol–water partition coefficient (Wildman–Crippen LogP) is 6.04. The van der Waals surface area contributed by atoms with Crippen LogP contribution in [0.1, 0.15) is 63.5 Å². The number of ether oxygens (including phenoxy) is 1. The molecule has 11 heteroatoms. The van der Waals surface area contributed by atoms with Crippen LogP contribution in [-0.2, 0) is 25.8 Å². The number of hydrogen-bond donors (Lipinski definition) is 3. The predicted molar refractivity (Wildman–Crippen MR) is 162 cm³/mol. The van der Waals surface area contributed by atoms with Crippen LogP contribution in [0, 0.1) is 6.92 Å². The van der Waals surface area contributed by atoms with Gasteiger partial charge in [-0.25, -0.2) is 0 Å². The van der Waals surface area contributed by atoms with Crippen LogP contribution >= 0.6 is 23.2 Å². The number of halogens is 2. The van der Waals surface area contributed by atoms with E-state index < -0.39 is 29.9 Å². The molecular formula is C31H38Cl2N2O7. The quantitative estimate of drug-likeness (QED) is 0.232. The summed E-state index contributed by atoms with van der Waals surface area (Å²) in [5.74, 6) is -1.73. The molecule has 0 saturated carbocycles. The minimum absolute atomic E-state index is 0.0471. The molecule has 2 aromatic carbocycles. The molecule has 1 fully saturated rings. The summed E-state index contributed by atoms with van der Waals surface area (Å²) in [5.41, 5.74) is 2.39. The van der Waals surface area contributed by atoms with Gasteiger partial charge in [-0.2, -0.15) is 0 Å². The maximum Gasteiger partial charge on any atom is 0.322 e. The summed E-state index contributed by atoms with van der Waals surface area (Å²) >= 11 is 12.1. The molecule has 1 saturated heterocycles. The van der Waals surface area contributed by atoms with Crippen LogP contribution in [0.5, 0.6) is 5.75 Å². The second-order valence-corrected chi connectivity index (χ2v) is 11.2. The van der Waals surface area contributed by atoms with E-state index in [0.717, 1.165) is 16.9 Å². The fraction of sp³-hybridized carbons (Fsp3) is 0.419. The number of amides is 2. The van der Waals surface area contributed by atoms with Gasteiger partial charge >= 0.3 is 11.9 Å². The maximum absolute atomic E-state index is 12.3. The SMILES string of the molecule is CC(C)=CCN1C(=O)CCC1(CCC(=O)O)CCC(=O)NCC(=O)O.Cc1ccc(OCc2c(Cl)cccc2Cl)cc1. The van der Waals surface area contributed by atoms with E-state index in [1.807, 2.05) is 57.2 Å². The average molecular weight is 622 g/mol. The van der Waals surface area contributed by atoms with Crippen molar-refractivity contribution in [1.29, 1.82) is 0 Å². The topological polar surface area (TPSA) is 133 Å². The smallest absolute Gasteiger partial charge is 0.322 e. The molecule has 0 radical (unpaired) electrons. The molecule has 3 rings (SSSR count). The third kappa shape index (κ3) is 11.4. The molecule has 1 aliphatic rings. The lowest BCUT2D eigenvalue weighted by atomic mass is 9.85. The van der Waals surface area contributed by atoms with Crippen LogP contribution in [0.3, 0.4) is 0 Å². The first-order valence-corrected chi connectivity index (χ1v) is 14.3. The Balaban J connectivity index is 0.000000314. The van der Waals surface area contributed by atoms with Crippen molar-refractivity contribution in [2.24, 2.45) is 0 Å². The number of nitrogens with one attached hydrogen (secondary N) is 1. The van der Waals surface area contributed by atoms with Crippen molar-refractivity contribution < 1.29 is 34.1 Å². The molecule has 1 aliphatic heterocycles. The molecule has 228 valence electrons. The number of carboxylic acid groups (broad SMARTS) is 2. The van der Waals surface area contributed by atoms with Gasteiger partial charge < -0.3 is 25.2 Å². The van der Waals surface area contributed by atoms with Crippen molar-refractivity contribution in [2.75, 3.05) is 13.1 Å². The molecule has 0 bridgehead atoms. The van der Waals surface area contributed by atoms with Gasteiger partial charge in [-0.05, 0) is 64.3 Å². The van der Waals surface area contributed by atoms with Gasteiger partial charge in [-0.1, -0.05) is 58.6 Å². The number of nitrogens with zero attached hydrogens (tertiary/aromatic N) is 1. The van der Waals surface area contributed by atoms with E-state index in [0.29, 0.717) is 42.5 Å². The molecule has 1 atom stereocenters. The number of aryl methyl sites for hydroxylation is 1. The lowest BCUT2D eigenvalue weighted by Gasteiger charge is -2.38. The zero-order valence-corrected chi connectivity index (χ0v) is 25.6. The van der Waals surface area contributed by atoms with Crippen LogP contribution in [0.2, 0.25) is 10.0 Å². The van der Waals surface area contributed by atoms with E-state index in [1.54, 1.807) is 17.0 Å². The van der Waals surface area contributed by atoms with Crippen molar-refractivity contribution in [3.8, 4) is 5.75 Å². The molecule has 0 aromatic heterocycles. The van der Waals surface area contributed by atoms with Gasteiger partial charge in [-0.3, -0.25) is 19.2 Å². The highest BCUT2D eigenvalue weighted by Gasteiger charge is 2.44. The number of rotatable bonds is 13. The molecule has 2 amide bonds. The van der Waals surface area contributed by atoms with Crippen molar-refractivity contribution in [2.45, 2.75) is 71.4 Å². The summed E-state index contributed by atoms with van der Waals surface area (Å²) < 4.78 is 5.64. The fourth-order valence-electron chi connectivity index (χ4n) is 4.50. The minimum Gasteiger partial charge on any atom is -0.489 e. The van der Waals surface area contributed by atoms with Crippen LogP contribution in [0.4, 0.5) is 0 Å². The molecule has 1 heterocycles. The molecular weight excluding hydrogens is 583 g/mol. The molecule has 42 heavy (non-hydrogen) atoms. The van der Waals surface area contributed by atoms with Gasteiger partial charge in [0.15, 0.2) is 0 Å². The summed E-state index contributed by atoms with van der Waals surface area (Å²) in [6.07, 6.45) is 3.28. The number of aliphatic carboxylic acids is 2. The minimum atomic E-state index is -1.13.